The van der Waals surface area contributed by atoms with Crippen LogP contribution in [0, 0.1) is 5.92 Å². The number of carbonyl (C=O) groups is 2. The average Bonchev–Trinajstić information content (AvgIpc) is 3.29. The summed E-state index contributed by atoms with van der Waals surface area (Å²) in [5, 5.41) is 37.4. The molecule has 1 aromatic rings. The fraction of sp³-hybridized carbons (Fsp3) is 0.600. The molecule has 8 nitrogen and oxygen atoms in total. The van der Waals surface area contributed by atoms with Crippen molar-refractivity contribution in [2.24, 2.45) is 5.92 Å². The van der Waals surface area contributed by atoms with Gasteiger partial charge in [0.1, 0.15) is 11.6 Å². The highest BCUT2D eigenvalue weighted by Gasteiger charge is 2.54. The standard InChI is InChI=1S/C20H30BN3O5/c25-18(26)16(12-14-6-2-1-3-7-14)24-19(27)20(9-4-5-10-21(28)29)15-8-11-22-17(15)13-23-20/h1-3,6-7,15-17,22-23,28-29H,4-5,8-13H2,(H,24,27)(H,25,26)/t15-,16-,17-,20+/m0/s1. The van der Waals surface area contributed by atoms with E-state index < -0.39 is 24.7 Å². The van der Waals surface area contributed by atoms with E-state index in [-0.39, 0.29) is 30.6 Å². The quantitative estimate of drug-likeness (QED) is 0.235. The molecule has 3 rings (SSSR count). The van der Waals surface area contributed by atoms with Gasteiger partial charge in [-0.3, -0.25) is 4.79 Å². The van der Waals surface area contributed by atoms with Gasteiger partial charge < -0.3 is 31.1 Å². The van der Waals surface area contributed by atoms with Gasteiger partial charge in [-0.05, 0) is 31.3 Å². The number of carboxylic acid groups (broad SMARTS) is 1. The van der Waals surface area contributed by atoms with Gasteiger partial charge in [0.25, 0.3) is 0 Å². The maximum Gasteiger partial charge on any atom is 0.451 e. The molecular weight excluding hydrogens is 373 g/mol. The molecule has 0 saturated carbocycles. The molecule has 2 saturated heterocycles. The van der Waals surface area contributed by atoms with Crippen LogP contribution in [0.15, 0.2) is 30.3 Å². The third-order valence-electron chi connectivity index (χ3n) is 6.19. The van der Waals surface area contributed by atoms with Gasteiger partial charge in [0, 0.05) is 24.9 Å². The molecule has 4 atom stereocenters. The average molecular weight is 403 g/mol. The maximum atomic E-state index is 13.4. The molecule has 2 heterocycles. The molecule has 158 valence electrons. The molecule has 0 aliphatic carbocycles. The lowest BCUT2D eigenvalue weighted by molar-refractivity contribution is -0.143. The van der Waals surface area contributed by atoms with Crippen molar-refractivity contribution in [2.75, 3.05) is 13.1 Å². The zero-order valence-electron chi connectivity index (χ0n) is 16.5. The minimum Gasteiger partial charge on any atom is -0.480 e. The molecule has 0 bridgehead atoms. The van der Waals surface area contributed by atoms with E-state index in [4.69, 9.17) is 10.0 Å². The number of hydrogen-bond acceptors (Lipinski definition) is 6. The van der Waals surface area contributed by atoms with Gasteiger partial charge in [0.15, 0.2) is 0 Å². The monoisotopic (exact) mass is 403 g/mol. The molecule has 0 radical (unpaired) electrons. The number of aliphatic carboxylic acids is 1. The van der Waals surface area contributed by atoms with Gasteiger partial charge in [-0.15, -0.1) is 0 Å². The Morgan fingerprint density at radius 1 is 1.24 bits per heavy atom. The van der Waals surface area contributed by atoms with Crippen LogP contribution in [-0.2, 0) is 16.0 Å². The van der Waals surface area contributed by atoms with Gasteiger partial charge in [0.2, 0.25) is 5.91 Å². The minimum atomic E-state index is -1.35. The van der Waals surface area contributed by atoms with Crippen LogP contribution in [0.2, 0.25) is 6.32 Å². The van der Waals surface area contributed by atoms with Crippen molar-refractivity contribution in [3.63, 3.8) is 0 Å². The molecule has 29 heavy (non-hydrogen) atoms. The molecule has 1 aromatic carbocycles. The van der Waals surface area contributed by atoms with E-state index >= 15 is 0 Å². The number of carbonyl (C=O) groups excluding carboxylic acids is 1. The Morgan fingerprint density at radius 3 is 2.69 bits per heavy atom. The largest absolute Gasteiger partial charge is 0.480 e. The first-order chi connectivity index (χ1) is 13.9. The van der Waals surface area contributed by atoms with Crippen LogP contribution in [-0.4, -0.2) is 64.9 Å². The van der Waals surface area contributed by atoms with Crippen LogP contribution < -0.4 is 16.0 Å². The Hall–Kier alpha value is -1.94. The van der Waals surface area contributed by atoms with Crippen molar-refractivity contribution in [1.29, 1.82) is 0 Å². The Morgan fingerprint density at radius 2 is 2.00 bits per heavy atom. The second-order valence-electron chi connectivity index (χ2n) is 8.09. The zero-order valence-corrected chi connectivity index (χ0v) is 16.5. The summed E-state index contributed by atoms with van der Waals surface area (Å²) in [6.45, 7) is 1.50. The normalized spacial score (nSPS) is 26.7. The second-order valence-corrected chi connectivity index (χ2v) is 8.09. The Labute approximate surface area is 171 Å². The van der Waals surface area contributed by atoms with E-state index in [1.165, 1.54) is 0 Å². The first-order valence-corrected chi connectivity index (χ1v) is 10.3. The van der Waals surface area contributed by atoms with Crippen LogP contribution in [0.1, 0.15) is 31.2 Å². The Kier molecular flexibility index (Phi) is 7.29. The number of amides is 1. The molecule has 9 heteroatoms. The third-order valence-corrected chi connectivity index (χ3v) is 6.19. The zero-order chi connectivity index (χ0) is 20.9. The summed E-state index contributed by atoms with van der Waals surface area (Å²) in [5.74, 6) is -1.24. The molecule has 2 fully saturated rings. The van der Waals surface area contributed by atoms with E-state index in [9.17, 15) is 14.7 Å². The van der Waals surface area contributed by atoms with Crippen molar-refractivity contribution < 1.29 is 24.7 Å². The molecule has 0 aromatic heterocycles. The molecule has 2 aliphatic rings. The molecular formula is C20H30BN3O5. The summed E-state index contributed by atoms with van der Waals surface area (Å²) in [7, 11) is -1.35. The smallest absolute Gasteiger partial charge is 0.451 e. The van der Waals surface area contributed by atoms with Crippen LogP contribution >= 0.6 is 0 Å². The molecule has 6 N–H and O–H groups in total. The predicted molar refractivity (Wildman–Crippen MR) is 109 cm³/mol. The molecule has 1 amide bonds. The van der Waals surface area contributed by atoms with E-state index in [1.807, 2.05) is 30.3 Å². The molecule has 2 aliphatic heterocycles. The number of carboxylic acids is 1. The molecule has 0 spiro atoms. The SMILES string of the molecule is O=C(O)[C@H](Cc1ccccc1)NC(=O)[C@]1(CCCCB(O)O)NC[C@@H]2NCC[C@@H]21. The van der Waals surface area contributed by atoms with Crippen LogP contribution in [0.4, 0.5) is 0 Å². The lowest BCUT2D eigenvalue weighted by Crippen LogP contribution is -2.60. The van der Waals surface area contributed by atoms with E-state index in [0.717, 1.165) is 18.5 Å². The van der Waals surface area contributed by atoms with Crippen molar-refractivity contribution >= 4 is 19.0 Å². The van der Waals surface area contributed by atoms with E-state index in [2.05, 4.69) is 16.0 Å². The van der Waals surface area contributed by atoms with Gasteiger partial charge >= 0.3 is 13.1 Å². The maximum absolute atomic E-state index is 13.4. The van der Waals surface area contributed by atoms with Gasteiger partial charge in [-0.2, -0.15) is 0 Å². The van der Waals surface area contributed by atoms with Crippen LogP contribution in [0.25, 0.3) is 0 Å². The minimum absolute atomic E-state index is 0.0905. The number of rotatable bonds is 10. The van der Waals surface area contributed by atoms with E-state index in [0.29, 0.717) is 25.8 Å². The third kappa shape index (κ3) is 5.16. The number of fused-ring (bicyclic) bond motifs is 1. The van der Waals surface area contributed by atoms with Crippen LogP contribution in [0.5, 0.6) is 0 Å². The van der Waals surface area contributed by atoms with Crippen molar-refractivity contribution in [2.45, 2.75) is 56.0 Å². The van der Waals surface area contributed by atoms with Crippen molar-refractivity contribution in [3.05, 3.63) is 35.9 Å². The summed E-state index contributed by atoms with van der Waals surface area (Å²) >= 11 is 0. The Bertz CT molecular complexity index is 705. The number of hydrogen-bond donors (Lipinski definition) is 6. The highest BCUT2D eigenvalue weighted by atomic mass is 16.4. The van der Waals surface area contributed by atoms with Crippen molar-refractivity contribution in [1.82, 2.24) is 16.0 Å². The summed E-state index contributed by atoms with van der Waals surface area (Å²) in [6, 6.07) is 8.45. The van der Waals surface area contributed by atoms with E-state index in [1.54, 1.807) is 0 Å². The van der Waals surface area contributed by atoms with Crippen LogP contribution in [0.3, 0.4) is 0 Å². The Balaban J connectivity index is 1.72. The predicted octanol–water partition coefficient (Wildman–Crippen LogP) is -0.238. The summed E-state index contributed by atoms with van der Waals surface area (Å²) in [5.41, 5.74) is 0.0184. The number of nitrogens with one attached hydrogen (secondary N) is 3. The highest BCUT2D eigenvalue weighted by Crippen LogP contribution is 2.37. The number of unbranched alkanes of at least 4 members (excludes halogenated alkanes) is 1. The first-order valence-electron chi connectivity index (χ1n) is 10.3. The first kappa shape index (κ1) is 21.8. The van der Waals surface area contributed by atoms with Gasteiger partial charge in [-0.25, -0.2) is 4.79 Å². The summed E-state index contributed by atoms with van der Waals surface area (Å²) in [4.78, 5) is 25.2. The summed E-state index contributed by atoms with van der Waals surface area (Å²) < 4.78 is 0. The van der Waals surface area contributed by atoms with Crippen molar-refractivity contribution in [3.8, 4) is 0 Å². The number of benzene rings is 1. The fourth-order valence-corrected chi connectivity index (χ4v) is 4.70. The summed E-state index contributed by atoms with van der Waals surface area (Å²) in [6.07, 6.45) is 3.11. The molecule has 0 unspecified atom stereocenters. The fourth-order valence-electron chi connectivity index (χ4n) is 4.70. The van der Waals surface area contributed by atoms with Gasteiger partial charge in [-0.1, -0.05) is 43.2 Å². The lowest BCUT2D eigenvalue weighted by Gasteiger charge is -2.35. The lowest BCUT2D eigenvalue weighted by atomic mass is 9.76. The topological polar surface area (TPSA) is 131 Å². The second kappa shape index (κ2) is 9.71. The van der Waals surface area contributed by atoms with Gasteiger partial charge in [0.05, 0.1) is 0 Å². The highest BCUT2D eigenvalue weighted by molar-refractivity contribution is 6.40.